The minimum atomic E-state index is -0.439. The zero-order valence-electron chi connectivity index (χ0n) is 15.8. The van der Waals surface area contributed by atoms with E-state index in [1.165, 1.54) is 0 Å². The molecule has 0 spiro atoms. The Balaban J connectivity index is 1.68. The van der Waals surface area contributed by atoms with Crippen molar-refractivity contribution < 1.29 is 14.3 Å². The first-order chi connectivity index (χ1) is 13.8. The van der Waals surface area contributed by atoms with E-state index in [-0.39, 0.29) is 10.2 Å². The molecule has 0 atom stereocenters. The number of carbonyl (C=O) groups excluding carboxylic acids is 2. The van der Waals surface area contributed by atoms with Gasteiger partial charge in [0, 0.05) is 10.6 Å². The Labute approximate surface area is 184 Å². The topological polar surface area (TPSA) is 58.6 Å². The first kappa shape index (κ1) is 21.4. The Morgan fingerprint density at radius 3 is 2.48 bits per heavy atom. The van der Waals surface area contributed by atoms with Crippen molar-refractivity contribution in [1.82, 2.24) is 10.4 Å². The number of carbonyl (C=O) groups is 2. The van der Waals surface area contributed by atoms with E-state index in [9.17, 15) is 9.59 Å². The predicted octanol–water partition coefficient (Wildman–Crippen LogP) is 4.92. The van der Waals surface area contributed by atoms with Gasteiger partial charge in [-0.2, -0.15) is 5.01 Å². The lowest BCUT2D eigenvalue weighted by molar-refractivity contribution is -0.123. The highest BCUT2D eigenvalue weighted by molar-refractivity contribution is 8.26. The summed E-state index contributed by atoms with van der Waals surface area (Å²) < 4.78 is 5.93. The molecule has 1 saturated heterocycles. The molecule has 1 fully saturated rings. The lowest BCUT2D eigenvalue weighted by atomic mass is 10.2. The molecule has 2 aromatic carbocycles. The van der Waals surface area contributed by atoms with E-state index >= 15 is 0 Å². The van der Waals surface area contributed by atoms with Crippen molar-refractivity contribution >= 4 is 57.8 Å². The van der Waals surface area contributed by atoms with Gasteiger partial charge in [-0.25, -0.2) is 0 Å². The zero-order valence-corrected chi connectivity index (χ0v) is 18.2. The summed E-state index contributed by atoms with van der Waals surface area (Å²) in [4.78, 5) is 25.5. The number of hydrazine groups is 1. The van der Waals surface area contributed by atoms with E-state index in [1.807, 2.05) is 24.3 Å². The van der Waals surface area contributed by atoms with E-state index in [1.54, 1.807) is 30.3 Å². The van der Waals surface area contributed by atoms with Crippen molar-refractivity contribution in [3.05, 3.63) is 69.6 Å². The number of nitrogens with one attached hydrogen (secondary N) is 1. The summed E-state index contributed by atoms with van der Waals surface area (Å²) in [6.07, 6.45) is 1.74. The molecule has 0 saturated carbocycles. The number of hydrogen-bond acceptors (Lipinski definition) is 5. The normalized spacial score (nSPS) is 15.3. The highest BCUT2D eigenvalue weighted by atomic mass is 35.5. The molecule has 1 aliphatic heterocycles. The zero-order chi connectivity index (χ0) is 21.0. The number of thioether (sulfide) groups is 1. The highest BCUT2D eigenvalue weighted by Gasteiger charge is 2.33. The maximum Gasteiger partial charge on any atom is 0.285 e. The number of hydrogen-bond donors (Lipinski definition) is 1. The van der Waals surface area contributed by atoms with E-state index in [0.29, 0.717) is 28.0 Å². The molecule has 150 valence electrons. The van der Waals surface area contributed by atoms with Gasteiger partial charge in [-0.1, -0.05) is 49.3 Å². The minimum absolute atomic E-state index is 0.264. The van der Waals surface area contributed by atoms with E-state index in [0.717, 1.165) is 28.1 Å². The number of rotatable bonds is 6. The molecule has 0 bridgehead atoms. The van der Waals surface area contributed by atoms with E-state index < -0.39 is 5.91 Å². The molecule has 5 nitrogen and oxygen atoms in total. The molecule has 1 aliphatic rings. The lowest BCUT2D eigenvalue weighted by Crippen LogP contribution is -2.44. The molecule has 29 heavy (non-hydrogen) atoms. The molecule has 1 heterocycles. The van der Waals surface area contributed by atoms with Crippen molar-refractivity contribution in [3.63, 3.8) is 0 Å². The van der Waals surface area contributed by atoms with Crippen LogP contribution < -0.4 is 10.2 Å². The molecule has 2 amide bonds. The van der Waals surface area contributed by atoms with Gasteiger partial charge in [-0.05, 0) is 66.2 Å². The van der Waals surface area contributed by atoms with Gasteiger partial charge in [0.15, 0.2) is 4.32 Å². The van der Waals surface area contributed by atoms with E-state index in [2.05, 4.69) is 19.3 Å². The second-order valence-corrected chi connectivity index (χ2v) is 8.85. The van der Waals surface area contributed by atoms with Crippen molar-refractivity contribution in [2.45, 2.75) is 13.8 Å². The van der Waals surface area contributed by atoms with Crippen LogP contribution in [0.1, 0.15) is 29.8 Å². The summed E-state index contributed by atoms with van der Waals surface area (Å²) in [7, 11) is 0. The first-order valence-electron chi connectivity index (χ1n) is 8.91. The second kappa shape index (κ2) is 9.43. The summed E-state index contributed by atoms with van der Waals surface area (Å²) >= 11 is 12.2. The lowest BCUT2D eigenvalue weighted by Gasteiger charge is -2.15. The predicted molar refractivity (Wildman–Crippen MR) is 121 cm³/mol. The highest BCUT2D eigenvalue weighted by Crippen LogP contribution is 2.31. The molecular formula is C21H19ClN2O3S2. The van der Waals surface area contributed by atoms with Crippen LogP contribution in [0.25, 0.3) is 6.08 Å². The van der Waals surface area contributed by atoms with Crippen LogP contribution in [0.15, 0.2) is 53.4 Å². The van der Waals surface area contributed by atoms with Crippen LogP contribution >= 0.6 is 35.6 Å². The van der Waals surface area contributed by atoms with Gasteiger partial charge in [0.2, 0.25) is 0 Å². The maximum absolute atomic E-state index is 12.7. The second-order valence-electron chi connectivity index (χ2n) is 6.74. The SMILES string of the molecule is CC(C)COc1ccc(/C=C2\SC(=S)N(NC(=O)c3ccc(Cl)cc3)C2=O)cc1. The van der Waals surface area contributed by atoms with Crippen LogP contribution in [0.2, 0.25) is 5.02 Å². The Hall–Kier alpha value is -2.35. The standard InChI is InChI=1S/C21H19ClN2O3S2/c1-13(2)12-27-17-9-3-14(4-10-17)11-18-20(26)24(21(28)29-18)23-19(25)15-5-7-16(22)8-6-15/h3-11,13H,12H2,1-2H3,(H,23,25)/b18-11-. The maximum atomic E-state index is 12.7. The van der Waals surface area contributed by atoms with Crippen LogP contribution in [-0.4, -0.2) is 27.8 Å². The molecule has 3 rings (SSSR count). The number of ether oxygens (including phenoxy) is 1. The van der Waals surface area contributed by atoms with Crippen molar-refractivity contribution in [1.29, 1.82) is 0 Å². The Bertz CT molecular complexity index is 957. The third-order valence-electron chi connectivity index (χ3n) is 3.87. The fraction of sp³-hybridized carbons (Fsp3) is 0.190. The molecular weight excluding hydrogens is 428 g/mol. The summed E-state index contributed by atoms with van der Waals surface area (Å²) in [5.41, 5.74) is 3.76. The number of amides is 2. The number of halogens is 1. The fourth-order valence-corrected chi connectivity index (χ4v) is 3.71. The molecule has 0 aliphatic carbocycles. The van der Waals surface area contributed by atoms with Crippen LogP contribution in [0.4, 0.5) is 0 Å². The number of thiocarbonyl (C=S) groups is 1. The molecule has 0 aromatic heterocycles. The van der Waals surface area contributed by atoms with Gasteiger partial charge >= 0.3 is 0 Å². The quantitative estimate of drug-likeness (QED) is 0.504. The number of benzene rings is 2. The third kappa shape index (κ3) is 5.59. The first-order valence-corrected chi connectivity index (χ1v) is 10.5. The molecule has 2 aromatic rings. The van der Waals surface area contributed by atoms with Crippen molar-refractivity contribution in [3.8, 4) is 5.75 Å². The van der Waals surface area contributed by atoms with Gasteiger partial charge < -0.3 is 4.74 Å². The van der Waals surface area contributed by atoms with Crippen LogP contribution in [-0.2, 0) is 4.79 Å². The Morgan fingerprint density at radius 1 is 1.21 bits per heavy atom. The summed E-state index contributed by atoms with van der Waals surface area (Å²) in [6.45, 7) is 4.81. The molecule has 1 N–H and O–H groups in total. The molecule has 0 unspecified atom stereocenters. The Morgan fingerprint density at radius 2 is 1.86 bits per heavy atom. The summed E-state index contributed by atoms with van der Waals surface area (Å²) in [5, 5.41) is 1.61. The van der Waals surface area contributed by atoms with E-state index in [4.69, 9.17) is 28.6 Å². The monoisotopic (exact) mass is 446 g/mol. The average molecular weight is 447 g/mol. The summed E-state index contributed by atoms with van der Waals surface area (Å²) in [6, 6.07) is 13.8. The third-order valence-corrected chi connectivity index (χ3v) is 5.43. The van der Waals surface area contributed by atoms with Crippen LogP contribution in [0, 0.1) is 5.92 Å². The fourth-order valence-electron chi connectivity index (χ4n) is 2.41. The van der Waals surface area contributed by atoms with Crippen molar-refractivity contribution in [2.24, 2.45) is 5.92 Å². The average Bonchev–Trinajstić information content (AvgIpc) is 2.95. The van der Waals surface area contributed by atoms with Crippen molar-refractivity contribution in [2.75, 3.05) is 6.61 Å². The van der Waals surface area contributed by atoms with Gasteiger partial charge in [-0.15, -0.1) is 0 Å². The van der Waals surface area contributed by atoms with Gasteiger partial charge in [0.1, 0.15) is 5.75 Å². The minimum Gasteiger partial charge on any atom is -0.493 e. The number of nitrogens with zero attached hydrogens (tertiary/aromatic N) is 1. The largest absolute Gasteiger partial charge is 0.493 e. The van der Waals surface area contributed by atoms with Crippen LogP contribution in [0.5, 0.6) is 5.75 Å². The van der Waals surface area contributed by atoms with Gasteiger partial charge in [0.05, 0.1) is 11.5 Å². The van der Waals surface area contributed by atoms with Gasteiger partial charge in [-0.3, -0.25) is 15.0 Å². The molecule has 8 heteroatoms. The molecule has 0 radical (unpaired) electrons. The summed E-state index contributed by atoms with van der Waals surface area (Å²) in [5.74, 6) is 0.409. The van der Waals surface area contributed by atoms with Gasteiger partial charge in [0.25, 0.3) is 11.8 Å². The van der Waals surface area contributed by atoms with Crippen LogP contribution in [0.3, 0.4) is 0 Å². The Kier molecular flexibility index (Phi) is 6.95. The smallest absolute Gasteiger partial charge is 0.285 e.